The Bertz CT molecular complexity index is 682. The van der Waals surface area contributed by atoms with E-state index in [9.17, 15) is 14.7 Å². The molecule has 0 saturated heterocycles. The Kier molecular flexibility index (Phi) is 3.44. The molecule has 21 heavy (non-hydrogen) atoms. The van der Waals surface area contributed by atoms with Crippen molar-refractivity contribution in [3.05, 3.63) is 65.2 Å². The van der Waals surface area contributed by atoms with Crippen LogP contribution in [0, 0.1) is 0 Å². The first kappa shape index (κ1) is 13.4. The Morgan fingerprint density at radius 1 is 1.19 bits per heavy atom. The largest absolute Gasteiger partial charge is 0.508 e. The number of carbonyl (C=O) groups excluding carboxylic acids is 2. The number of hydrogen-bond donors (Lipinski definition) is 1. The third-order valence-electron chi connectivity index (χ3n) is 3.81. The summed E-state index contributed by atoms with van der Waals surface area (Å²) in [7, 11) is 0. The fourth-order valence-electron chi connectivity index (χ4n) is 2.77. The summed E-state index contributed by atoms with van der Waals surface area (Å²) in [6.07, 6.45) is 1.42. The lowest BCUT2D eigenvalue weighted by molar-refractivity contribution is -0.112. The highest BCUT2D eigenvalue weighted by Crippen LogP contribution is 2.31. The summed E-state index contributed by atoms with van der Waals surface area (Å²) < 4.78 is 0. The Labute approximate surface area is 122 Å². The maximum atomic E-state index is 12.6. The smallest absolute Gasteiger partial charge is 0.254 e. The summed E-state index contributed by atoms with van der Waals surface area (Å²) in [5.74, 6) is 0.0349. The van der Waals surface area contributed by atoms with E-state index in [2.05, 4.69) is 0 Å². The lowest BCUT2D eigenvalue weighted by Crippen LogP contribution is -2.40. The number of benzene rings is 2. The molecule has 1 heterocycles. The molecule has 3 rings (SSSR count). The van der Waals surface area contributed by atoms with Crippen LogP contribution in [-0.2, 0) is 11.2 Å². The van der Waals surface area contributed by atoms with E-state index in [-0.39, 0.29) is 11.7 Å². The Morgan fingerprint density at radius 2 is 1.95 bits per heavy atom. The van der Waals surface area contributed by atoms with Crippen LogP contribution in [0.1, 0.15) is 27.5 Å². The van der Waals surface area contributed by atoms with Gasteiger partial charge >= 0.3 is 0 Å². The van der Waals surface area contributed by atoms with Crippen LogP contribution in [0.25, 0.3) is 0 Å². The molecule has 0 aliphatic carbocycles. The third kappa shape index (κ3) is 2.40. The highest BCUT2D eigenvalue weighted by atomic mass is 16.3. The number of aromatic hydroxyl groups is 1. The van der Waals surface area contributed by atoms with E-state index in [0.717, 1.165) is 17.4 Å². The molecule has 1 amide bonds. The number of amides is 1. The van der Waals surface area contributed by atoms with Crippen LogP contribution in [0.3, 0.4) is 0 Å². The van der Waals surface area contributed by atoms with Gasteiger partial charge in [0.2, 0.25) is 0 Å². The molecule has 2 aromatic carbocycles. The molecule has 1 aliphatic rings. The molecule has 0 aromatic heterocycles. The van der Waals surface area contributed by atoms with Crippen LogP contribution >= 0.6 is 0 Å². The second-order valence-electron chi connectivity index (χ2n) is 5.08. The predicted molar refractivity (Wildman–Crippen MR) is 78.1 cm³/mol. The quantitative estimate of drug-likeness (QED) is 0.859. The van der Waals surface area contributed by atoms with Gasteiger partial charge < -0.3 is 14.8 Å². The zero-order valence-electron chi connectivity index (χ0n) is 11.4. The zero-order chi connectivity index (χ0) is 14.8. The van der Waals surface area contributed by atoms with Gasteiger partial charge in [0.1, 0.15) is 18.1 Å². The number of hydrogen-bond acceptors (Lipinski definition) is 3. The number of aldehydes is 1. The summed E-state index contributed by atoms with van der Waals surface area (Å²) in [5.41, 5.74) is 2.29. The molecule has 0 saturated carbocycles. The molecule has 4 heteroatoms. The van der Waals surface area contributed by atoms with Crippen LogP contribution in [0.5, 0.6) is 5.75 Å². The number of phenols is 1. The number of rotatable bonds is 2. The summed E-state index contributed by atoms with van der Waals surface area (Å²) in [4.78, 5) is 25.6. The first-order valence-corrected chi connectivity index (χ1v) is 6.84. The number of phenolic OH excluding ortho intramolecular Hbond substituents is 1. The zero-order valence-corrected chi connectivity index (χ0v) is 11.4. The van der Waals surface area contributed by atoms with E-state index < -0.39 is 6.04 Å². The van der Waals surface area contributed by atoms with Crippen LogP contribution in [0.15, 0.2) is 48.5 Å². The average molecular weight is 281 g/mol. The van der Waals surface area contributed by atoms with Gasteiger partial charge in [0.15, 0.2) is 0 Å². The highest BCUT2D eigenvalue weighted by Gasteiger charge is 2.31. The van der Waals surface area contributed by atoms with Crippen molar-refractivity contribution in [3.8, 4) is 5.75 Å². The van der Waals surface area contributed by atoms with Crippen molar-refractivity contribution in [2.24, 2.45) is 0 Å². The van der Waals surface area contributed by atoms with Crippen LogP contribution < -0.4 is 0 Å². The van der Waals surface area contributed by atoms with Gasteiger partial charge in [-0.25, -0.2) is 0 Å². The minimum absolute atomic E-state index is 0.147. The fourth-order valence-corrected chi connectivity index (χ4v) is 2.77. The molecule has 1 aliphatic heterocycles. The Hall–Kier alpha value is -2.62. The molecule has 0 fully saturated rings. The van der Waals surface area contributed by atoms with Crippen LogP contribution in [0.2, 0.25) is 0 Å². The minimum atomic E-state index is -0.595. The SMILES string of the molecule is O=CC1c2ccc(O)cc2CCN1C(=O)c1ccccc1. The summed E-state index contributed by atoms with van der Waals surface area (Å²) in [5, 5.41) is 9.53. The monoisotopic (exact) mass is 281 g/mol. The number of nitrogens with zero attached hydrogens (tertiary/aromatic N) is 1. The van der Waals surface area contributed by atoms with Crippen molar-refractivity contribution in [1.82, 2.24) is 4.90 Å². The van der Waals surface area contributed by atoms with Crippen molar-refractivity contribution in [3.63, 3.8) is 0 Å². The maximum absolute atomic E-state index is 12.6. The van der Waals surface area contributed by atoms with Crippen molar-refractivity contribution >= 4 is 12.2 Å². The molecule has 0 bridgehead atoms. The summed E-state index contributed by atoms with van der Waals surface area (Å²) in [6.45, 7) is 0.466. The fraction of sp³-hybridized carbons (Fsp3) is 0.176. The molecule has 0 spiro atoms. The Balaban J connectivity index is 1.96. The van der Waals surface area contributed by atoms with Gasteiger partial charge in [-0.3, -0.25) is 4.79 Å². The van der Waals surface area contributed by atoms with Crippen molar-refractivity contribution in [2.45, 2.75) is 12.5 Å². The first-order valence-electron chi connectivity index (χ1n) is 6.84. The first-order chi connectivity index (χ1) is 10.2. The van der Waals surface area contributed by atoms with Crippen molar-refractivity contribution in [2.75, 3.05) is 6.54 Å². The topological polar surface area (TPSA) is 57.6 Å². The van der Waals surface area contributed by atoms with Gasteiger partial charge in [0.05, 0.1) is 0 Å². The molecule has 1 atom stereocenters. The van der Waals surface area contributed by atoms with E-state index in [1.54, 1.807) is 47.4 Å². The molecule has 1 N–H and O–H groups in total. The average Bonchev–Trinajstić information content (AvgIpc) is 2.53. The van der Waals surface area contributed by atoms with E-state index in [1.807, 2.05) is 6.07 Å². The van der Waals surface area contributed by atoms with Crippen LogP contribution in [0.4, 0.5) is 0 Å². The van der Waals surface area contributed by atoms with E-state index in [1.165, 1.54) is 0 Å². The number of carbonyl (C=O) groups is 2. The predicted octanol–water partition coefficient (Wildman–Crippen LogP) is 2.33. The summed E-state index contributed by atoms with van der Waals surface area (Å²) >= 11 is 0. The number of fused-ring (bicyclic) bond motifs is 1. The Morgan fingerprint density at radius 3 is 2.67 bits per heavy atom. The minimum Gasteiger partial charge on any atom is -0.508 e. The van der Waals surface area contributed by atoms with Gasteiger partial charge in [-0.05, 0) is 41.8 Å². The van der Waals surface area contributed by atoms with Gasteiger partial charge in [0.25, 0.3) is 5.91 Å². The molecular formula is C17H15NO3. The maximum Gasteiger partial charge on any atom is 0.254 e. The second kappa shape index (κ2) is 5.40. The van der Waals surface area contributed by atoms with Gasteiger partial charge in [0, 0.05) is 12.1 Å². The van der Waals surface area contributed by atoms with Crippen LogP contribution in [-0.4, -0.2) is 28.7 Å². The molecule has 2 aromatic rings. The molecule has 4 nitrogen and oxygen atoms in total. The second-order valence-corrected chi connectivity index (χ2v) is 5.08. The molecule has 106 valence electrons. The van der Waals surface area contributed by atoms with Crippen molar-refractivity contribution in [1.29, 1.82) is 0 Å². The highest BCUT2D eigenvalue weighted by molar-refractivity contribution is 5.96. The van der Waals surface area contributed by atoms with E-state index >= 15 is 0 Å². The third-order valence-corrected chi connectivity index (χ3v) is 3.81. The van der Waals surface area contributed by atoms with Gasteiger partial charge in [-0.2, -0.15) is 0 Å². The standard InChI is InChI=1S/C17H15NO3/c19-11-16-15-7-6-14(20)10-13(15)8-9-18(16)17(21)12-4-2-1-3-5-12/h1-7,10-11,16,20H,8-9H2. The normalized spacial score (nSPS) is 17.1. The van der Waals surface area contributed by atoms with E-state index in [0.29, 0.717) is 18.5 Å². The van der Waals surface area contributed by atoms with Crippen molar-refractivity contribution < 1.29 is 14.7 Å². The van der Waals surface area contributed by atoms with E-state index in [4.69, 9.17) is 0 Å². The molecule has 0 radical (unpaired) electrons. The van der Waals surface area contributed by atoms with Gasteiger partial charge in [-0.1, -0.05) is 24.3 Å². The summed E-state index contributed by atoms with van der Waals surface area (Å²) in [6, 6.07) is 13.3. The lowest BCUT2D eigenvalue weighted by Gasteiger charge is -2.34. The molecule has 1 unspecified atom stereocenters. The lowest BCUT2D eigenvalue weighted by atomic mass is 9.92. The van der Waals surface area contributed by atoms with Gasteiger partial charge in [-0.15, -0.1) is 0 Å². The molecular weight excluding hydrogens is 266 g/mol.